The van der Waals surface area contributed by atoms with Crippen LogP contribution in [0, 0.1) is 0 Å². The molecule has 136 valence electrons. The first kappa shape index (κ1) is 19.0. The third-order valence-electron chi connectivity index (χ3n) is 3.97. The van der Waals surface area contributed by atoms with Crippen LogP contribution >= 0.6 is 0 Å². The molecule has 6 nitrogen and oxygen atoms in total. The van der Waals surface area contributed by atoms with Gasteiger partial charge in [-0.15, -0.1) is 0 Å². The molecule has 0 unspecified atom stereocenters. The average Bonchev–Trinajstić information content (AvgIpc) is 3.07. The fraction of sp³-hybridized carbons (Fsp3) is 0.647. The highest BCUT2D eigenvalue weighted by Crippen LogP contribution is 2.30. The molecular weight excluding hydrogens is 328 g/mol. The average molecular weight is 356 g/mol. The van der Waals surface area contributed by atoms with E-state index in [2.05, 4.69) is 9.62 Å². The van der Waals surface area contributed by atoms with Gasteiger partial charge < -0.3 is 14.4 Å². The summed E-state index contributed by atoms with van der Waals surface area (Å²) in [4.78, 5) is 2.58. The van der Waals surface area contributed by atoms with Crippen molar-refractivity contribution in [1.29, 1.82) is 0 Å². The van der Waals surface area contributed by atoms with Gasteiger partial charge in [0.2, 0.25) is 10.0 Å². The van der Waals surface area contributed by atoms with Crippen molar-refractivity contribution in [2.75, 3.05) is 39.4 Å². The van der Waals surface area contributed by atoms with Gasteiger partial charge in [-0.3, -0.25) is 0 Å². The van der Waals surface area contributed by atoms with E-state index in [9.17, 15) is 8.42 Å². The maximum absolute atomic E-state index is 12.4. The lowest BCUT2D eigenvalue weighted by Gasteiger charge is -2.15. The summed E-state index contributed by atoms with van der Waals surface area (Å²) in [5.41, 5.74) is 0. The van der Waals surface area contributed by atoms with Crippen molar-refractivity contribution >= 4 is 10.0 Å². The Labute approximate surface area is 145 Å². The number of hydrogen-bond acceptors (Lipinski definition) is 5. The van der Waals surface area contributed by atoms with Crippen molar-refractivity contribution in [1.82, 2.24) is 9.62 Å². The molecule has 0 atom stereocenters. The van der Waals surface area contributed by atoms with Crippen LogP contribution in [0.4, 0.5) is 0 Å². The van der Waals surface area contributed by atoms with Gasteiger partial charge in [-0.05, 0) is 64.9 Å². The number of ether oxygens (including phenoxy) is 2. The molecule has 0 aliphatic carbocycles. The van der Waals surface area contributed by atoms with Gasteiger partial charge in [-0.25, -0.2) is 13.1 Å². The summed E-state index contributed by atoms with van der Waals surface area (Å²) in [6, 6.07) is 4.72. The van der Waals surface area contributed by atoms with Gasteiger partial charge in [0.1, 0.15) is 0 Å². The number of nitrogens with one attached hydrogen (secondary N) is 1. The van der Waals surface area contributed by atoms with Crippen molar-refractivity contribution in [3.63, 3.8) is 0 Å². The molecule has 1 N–H and O–H groups in total. The SMILES string of the molecule is CCOc1ccc(S(=O)(=O)NCCCN2CCCC2)cc1OCC. The zero-order valence-electron chi connectivity index (χ0n) is 14.6. The number of hydrogen-bond donors (Lipinski definition) is 1. The molecule has 1 aliphatic rings. The lowest BCUT2D eigenvalue weighted by atomic mass is 10.3. The topological polar surface area (TPSA) is 67.9 Å². The molecule has 0 amide bonds. The van der Waals surface area contributed by atoms with Crippen LogP contribution in [0.15, 0.2) is 23.1 Å². The Bertz CT molecular complexity index is 613. The van der Waals surface area contributed by atoms with Gasteiger partial charge in [0.25, 0.3) is 0 Å². The molecule has 1 aliphatic heterocycles. The summed E-state index contributed by atoms with van der Waals surface area (Å²) in [5.74, 6) is 1.02. The zero-order chi connectivity index (χ0) is 17.4. The van der Waals surface area contributed by atoms with Crippen molar-refractivity contribution in [2.45, 2.75) is 38.0 Å². The summed E-state index contributed by atoms with van der Waals surface area (Å²) in [5, 5.41) is 0. The largest absolute Gasteiger partial charge is 0.490 e. The third kappa shape index (κ3) is 5.36. The third-order valence-corrected chi connectivity index (χ3v) is 5.43. The van der Waals surface area contributed by atoms with E-state index in [1.165, 1.54) is 18.9 Å². The second kappa shape index (κ2) is 9.25. The molecule has 1 saturated heterocycles. The Kier molecular flexibility index (Phi) is 7.33. The number of benzene rings is 1. The molecule has 1 fully saturated rings. The molecule has 0 bridgehead atoms. The first-order chi connectivity index (χ1) is 11.6. The molecule has 1 heterocycles. The first-order valence-corrected chi connectivity index (χ1v) is 10.2. The van der Waals surface area contributed by atoms with E-state index in [1.54, 1.807) is 12.1 Å². The fourth-order valence-corrected chi connectivity index (χ4v) is 3.89. The second-order valence-corrected chi connectivity index (χ2v) is 7.54. The molecule has 1 aromatic carbocycles. The van der Waals surface area contributed by atoms with Gasteiger partial charge in [-0.2, -0.15) is 0 Å². The molecule has 24 heavy (non-hydrogen) atoms. The van der Waals surface area contributed by atoms with Crippen LogP contribution in [0.2, 0.25) is 0 Å². The molecule has 2 rings (SSSR count). The van der Waals surface area contributed by atoms with Crippen LogP contribution in [0.3, 0.4) is 0 Å². The Morgan fingerprint density at radius 2 is 1.75 bits per heavy atom. The van der Waals surface area contributed by atoms with E-state index in [0.29, 0.717) is 31.3 Å². The van der Waals surface area contributed by atoms with Crippen molar-refractivity contribution in [3.05, 3.63) is 18.2 Å². The van der Waals surface area contributed by atoms with E-state index in [1.807, 2.05) is 13.8 Å². The van der Waals surface area contributed by atoms with Gasteiger partial charge in [0.05, 0.1) is 18.1 Å². The highest BCUT2D eigenvalue weighted by Gasteiger charge is 2.17. The Hall–Kier alpha value is -1.31. The summed E-state index contributed by atoms with van der Waals surface area (Å²) in [6.07, 6.45) is 3.31. The van der Waals surface area contributed by atoms with Gasteiger partial charge >= 0.3 is 0 Å². The summed E-state index contributed by atoms with van der Waals surface area (Å²) >= 11 is 0. The Morgan fingerprint density at radius 1 is 1.08 bits per heavy atom. The van der Waals surface area contributed by atoms with E-state index < -0.39 is 10.0 Å². The first-order valence-electron chi connectivity index (χ1n) is 8.68. The Morgan fingerprint density at radius 3 is 2.42 bits per heavy atom. The van der Waals surface area contributed by atoms with Gasteiger partial charge in [0.15, 0.2) is 11.5 Å². The minimum absolute atomic E-state index is 0.204. The van der Waals surface area contributed by atoms with E-state index in [0.717, 1.165) is 26.1 Å². The number of rotatable bonds is 10. The highest BCUT2D eigenvalue weighted by atomic mass is 32.2. The van der Waals surface area contributed by atoms with Crippen LogP contribution in [0.25, 0.3) is 0 Å². The number of nitrogens with zero attached hydrogens (tertiary/aromatic N) is 1. The van der Waals surface area contributed by atoms with Crippen LogP contribution in [-0.4, -0.2) is 52.7 Å². The molecule has 0 aromatic heterocycles. The van der Waals surface area contributed by atoms with Crippen LogP contribution in [0.1, 0.15) is 33.1 Å². The Balaban J connectivity index is 1.95. The highest BCUT2D eigenvalue weighted by molar-refractivity contribution is 7.89. The summed E-state index contributed by atoms with van der Waals surface area (Å²) in [7, 11) is -3.53. The van der Waals surface area contributed by atoms with E-state index >= 15 is 0 Å². The molecule has 0 spiro atoms. The molecule has 0 saturated carbocycles. The predicted molar refractivity (Wildman–Crippen MR) is 94.3 cm³/mol. The zero-order valence-corrected chi connectivity index (χ0v) is 15.4. The number of likely N-dealkylation sites (tertiary alicyclic amines) is 1. The summed E-state index contributed by atoms with van der Waals surface area (Å²) < 4.78 is 38.5. The van der Waals surface area contributed by atoms with Crippen LogP contribution < -0.4 is 14.2 Å². The predicted octanol–water partition coefficient (Wildman–Crippen LogP) is 2.25. The standard InChI is InChI=1S/C17H28N2O4S/c1-3-22-16-9-8-15(14-17(16)23-4-2)24(20,21)18-10-7-13-19-11-5-6-12-19/h8-9,14,18H,3-7,10-13H2,1-2H3. The maximum atomic E-state index is 12.4. The second-order valence-electron chi connectivity index (χ2n) is 5.77. The lowest BCUT2D eigenvalue weighted by molar-refractivity contribution is 0.287. The van der Waals surface area contributed by atoms with Crippen LogP contribution in [0.5, 0.6) is 11.5 Å². The monoisotopic (exact) mass is 356 g/mol. The molecular formula is C17H28N2O4S. The van der Waals surface area contributed by atoms with Gasteiger partial charge in [-0.1, -0.05) is 0 Å². The van der Waals surface area contributed by atoms with E-state index in [4.69, 9.17) is 9.47 Å². The van der Waals surface area contributed by atoms with Crippen molar-refractivity contribution < 1.29 is 17.9 Å². The fourth-order valence-electron chi connectivity index (χ4n) is 2.80. The van der Waals surface area contributed by atoms with Crippen molar-refractivity contribution in [3.8, 4) is 11.5 Å². The quantitative estimate of drug-likeness (QED) is 0.651. The molecule has 1 aromatic rings. The maximum Gasteiger partial charge on any atom is 0.240 e. The number of sulfonamides is 1. The normalized spacial score (nSPS) is 15.6. The molecule has 7 heteroatoms. The minimum Gasteiger partial charge on any atom is -0.490 e. The lowest BCUT2D eigenvalue weighted by Crippen LogP contribution is -2.28. The van der Waals surface area contributed by atoms with E-state index in [-0.39, 0.29) is 4.90 Å². The van der Waals surface area contributed by atoms with Gasteiger partial charge in [0, 0.05) is 12.6 Å². The smallest absolute Gasteiger partial charge is 0.240 e. The minimum atomic E-state index is -3.53. The van der Waals surface area contributed by atoms with Crippen molar-refractivity contribution in [2.24, 2.45) is 0 Å². The summed E-state index contributed by atoms with van der Waals surface area (Å²) in [6.45, 7) is 8.32. The molecule has 0 radical (unpaired) electrons. The van der Waals surface area contributed by atoms with Crippen LogP contribution in [-0.2, 0) is 10.0 Å².